The predicted molar refractivity (Wildman–Crippen MR) is 162 cm³/mol. The lowest BCUT2D eigenvalue weighted by Gasteiger charge is -2.38. The van der Waals surface area contributed by atoms with Gasteiger partial charge < -0.3 is 15.0 Å². The molecule has 1 N–H and O–H groups in total. The van der Waals surface area contributed by atoms with Crippen LogP contribution in [0.15, 0.2) is 30.3 Å². The summed E-state index contributed by atoms with van der Waals surface area (Å²) in [4.78, 5) is 46.8. The summed E-state index contributed by atoms with van der Waals surface area (Å²) >= 11 is 0. The second kappa shape index (κ2) is 12.0. The number of likely N-dealkylation sites (tertiary alicyclic amines) is 1. The van der Waals surface area contributed by atoms with Gasteiger partial charge in [-0.3, -0.25) is 19.4 Å². The van der Waals surface area contributed by atoms with Crippen LogP contribution < -0.4 is 5.32 Å². The molecule has 1 aromatic carbocycles. The molecule has 1 aromatic rings. The summed E-state index contributed by atoms with van der Waals surface area (Å²) in [6.45, 7) is 7.89. The SMILES string of the molecule is CCC12CC3(CC1N2CC[C@H](NC(=O)C1CCC(F)(F)CC1)c1ccccc1)C(=O)N(CC1CCCCO1)C(=O)N3C(C)C. The van der Waals surface area contributed by atoms with Crippen LogP contribution in [0.4, 0.5) is 13.6 Å². The van der Waals surface area contributed by atoms with E-state index in [1.165, 1.54) is 4.90 Å². The standard InChI is InChI=1S/C34H48F2N4O4/c1-4-32-22-33(30(42)38(31(43)40(33)23(2)3)21-26-12-8-9-19-44-26)20-28(32)39(32)18-15-27(24-10-6-5-7-11-24)37-29(41)25-13-16-34(35,36)17-14-25/h5-7,10-11,23,25-28H,4,8-9,12-22H2,1-3H3,(H,37,41)/t26?,27-,28?,32?,33?,39?/m0/s1. The van der Waals surface area contributed by atoms with Crippen molar-refractivity contribution in [3.63, 3.8) is 0 Å². The summed E-state index contributed by atoms with van der Waals surface area (Å²) in [7, 11) is 0. The maximum Gasteiger partial charge on any atom is 0.327 e. The zero-order valence-electron chi connectivity index (χ0n) is 26.4. The van der Waals surface area contributed by atoms with Gasteiger partial charge >= 0.3 is 6.03 Å². The molecule has 3 saturated heterocycles. The van der Waals surface area contributed by atoms with Gasteiger partial charge in [0.2, 0.25) is 11.8 Å². The van der Waals surface area contributed by atoms with Crippen LogP contribution in [-0.4, -0.2) is 87.4 Å². The molecule has 2 saturated carbocycles. The van der Waals surface area contributed by atoms with Crippen molar-refractivity contribution in [2.75, 3.05) is 19.7 Å². The maximum absolute atomic E-state index is 14.1. The molecule has 3 heterocycles. The summed E-state index contributed by atoms with van der Waals surface area (Å²) in [5, 5.41) is 3.20. The number of benzene rings is 1. The van der Waals surface area contributed by atoms with E-state index in [1.54, 1.807) is 0 Å². The number of fused-ring (bicyclic) bond motifs is 1. The van der Waals surface area contributed by atoms with E-state index in [0.29, 0.717) is 32.4 Å². The zero-order chi connectivity index (χ0) is 31.3. The lowest BCUT2D eigenvalue weighted by atomic mass is 9.86. The van der Waals surface area contributed by atoms with Crippen molar-refractivity contribution in [2.45, 2.75) is 133 Å². The second-order valence-electron chi connectivity index (χ2n) is 14.1. The fourth-order valence-electron chi connectivity index (χ4n) is 8.87. The molecular weight excluding hydrogens is 566 g/mol. The first-order valence-electron chi connectivity index (χ1n) is 16.8. The molecule has 44 heavy (non-hydrogen) atoms. The molecule has 10 heteroatoms. The number of urea groups is 1. The normalized spacial score (nSPS) is 34.1. The molecule has 2 aliphatic carbocycles. The lowest BCUT2D eigenvalue weighted by Crippen LogP contribution is -2.54. The molecule has 6 atom stereocenters. The first-order chi connectivity index (χ1) is 21.0. The number of imide groups is 1. The minimum Gasteiger partial charge on any atom is -0.376 e. The largest absolute Gasteiger partial charge is 0.376 e. The number of carbonyl (C=O) groups excluding carboxylic acids is 3. The Bertz CT molecular complexity index is 1230. The highest BCUT2D eigenvalue weighted by molar-refractivity contribution is 6.08. The Morgan fingerprint density at radius 2 is 1.82 bits per heavy atom. The van der Waals surface area contributed by atoms with E-state index in [-0.39, 0.29) is 73.3 Å². The van der Waals surface area contributed by atoms with Gasteiger partial charge in [0.25, 0.3) is 5.91 Å². The summed E-state index contributed by atoms with van der Waals surface area (Å²) in [5.41, 5.74) is 0.00696. The fraction of sp³-hybridized carbons (Fsp3) is 0.735. The average molecular weight is 615 g/mol. The van der Waals surface area contributed by atoms with Crippen molar-refractivity contribution in [3.8, 4) is 0 Å². The molecule has 5 unspecified atom stereocenters. The Morgan fingerprint density at radius 3 is 2.43 bits per heavy atom. The molecule has 8 nitrogen and oxygen atoms in total. The number of alkyl halides is 2. The number of piperidine rings is 1. The van der Waals surface area contributed by atoms with E-state index >= 15 is 0 Å². The van der Waals surface area contributed by atoms with Crippen LogP contribution in [0.3, 0.4) is 0 Å². The quantitative estimate of drug-likeness (QED) is 0.272. The van der Waals surface area contributed by atoms with Crippen LogP contribution >= 0.6 is 0 Å². The van der Waals surface area contributed by atoms with E-state index in [4.69, 9.17) is 4.74 Å². The number of nitrogens with one attached hydrogen (secondary N) is 1. The highest BCUT2D eigenvalue weighted by Crippen LogP contribution is 2.62. The highest BCUT2D eigenvalue weighted by Gasteiger charge is 2.76. The van der Waals surface area contributed by atoms with Gasteiger partial charge in [-0.05, 0) is 77.2 Å². The molecule has 242 valence electrons. The van der Waals surface area contributed by atoms with Gasteiger partial charge in [-0.25, -0.2) is 13.6 Å². The zero-order valence-corrected chi connectivity index (χ0v) is 26.4. The molecular formula is C34H48F2N4O4. The van der Waals surface area contributed by atoms with E-state index in [2.05, 4.69) is 17.1 Å². The molecule has 1 spiro atoms. The van der Waals surface area contributed by atoms with Crippen LogP contribution in [0.25, 0.3) is 0 Å². The third kappa shape index (κ3) is 5.54. The molecule has 3 aliphatic heterocycles. The Morgan fingerprint density at radius 1 is 1.09 bits per heavy atom. The topological polar surface area (TPSA) is 82.0 Å². The summed E-state index contributed by atoms with van der Waals surface area (Å²) in [5.74, 6) is -3.28. The average Bonchev–Trinajstić information content (AvgIpc) is 3.34. The van der Waals surface area contributed by atoms with Crippen LogP contribution in [-0.2, 0) is 14.3 Å². The third-order valence-electron chi connectivity index (χ3n) is 11.2. The van der Waals surface area contributed by atoms with Crippen molar-refractivity contribution in [3.05, 3.63) is 35.9 Å². The molecule has 5 fully saturated rings. The van der Waals surface area contributed by atoms with Crippen molar-refractivity contribution in [1.29, 1.82) is 0 Å². The summed E-state index contributed by atoms with van der Waals surface area (Å²) in [6.07, 6.45) is 5.56. The number of hydrogen-bond acceptors (Lipinski definition) is 5. The Hall–Kier alpha value is -2.59. The minimum absolute atomic E-state index is 0.0715. The fourth-order valence-corrected chi connectivity index (χ4v) is 8.87. The van der Waals surface area contributed by atoms with Crippen LogP contribution in [0.5, 0.6) is 0 Å². The van der Waals surface area contributed by atoms with Crippen LogP contribution in [0.2, 0.25) is 0 Å². The van der Waals surface area contributed by atoms with E-state index in [1.807, 2.05) is 49.1 Å². The third-order valence-corrected chi connectivity index (χ3v) is 11.2. The number of halogens is 2. The van der Waals surface area contributed by atoms with Crippen LogP contribution in [0.1, 0.15) is 103 Å². The van der Waals surface area contributed by atoms with Gasteiger partial charge in [-0.15, -0.1) is 0 Å². The maximum atomic E-state index is 14.1. The molecule has 0 radical (unpaired) electrons. The van der Waals surface area contributed by atoms with E-state index in [9.17, 15) is 23.2 Å². The number of amides is 4. The van der Waals surface area contributed by atoms with E-state index in [0.717, 1.165) is 37.8 Å². The summed E-state index contributed by atoms with van der Waals surface area (Å²) < 4.78 is 33.4. The molecule has 0 bridgehead atoms. The first kappa shape index (κ1) is 31.4. The molecule has 4 amide bonds. The first-order valence-corrected chi connectivity index (χ1v) is 16.8. The van der Waals surface area contributed by atoms with Gasteiger partial charge in [-0.1, -0.05) is 37.3 Å². The monoisotopic (exact) mass is 614 g/mol. The van der Waals surface area contributed by atoms with Gasteiger partial charge in [0.05, 0.1) is 18.7 Å². The number of hydrogen-bond donors (Lipinski definition) is 1. The van der Waals surface area contributed by atoms with Gasteiger partial charge in [0.1, 0.15) is 5.54 Å². The second-order valence-corrected chi connectivity index (χ2v) is 14.1. The van der Waals surface area contributed by atoms with Gasteiger partial charge in [0, 0.05) is 49.5 Å². The number of ether oxygens (including phenoxy) is 1. The molecule has 0 aromatic heterocycles. The van der Waals surface area contributed by atoms with Crippen molar-refractivity contribution >= 4 is 17.8 Å². The summed E-state index contributed by atoms with van der Waals surface area (Å²) in [6, 6.07) is 9.51. The number of carbonyl (C=O) groups is 3. The van der Waals surface area contributed by atoms with Crippen molar-refractivity contribution < 1.29 is 27.9 Å². The van der Waals surface area contributed by atoms with Crippen molar-refractivity contribution in [1.82, 2.24) is 20.0 Å². The number of rotatable bonds is 10. The number of nitrogens with zero attached hydrogens (tertiary/aromatic N) is 3. The molecule has 5 aliphatic rings. The van der Waals surface area contributed by atoms with Crippen molar-refractivity contribution in [2.24, 2.45) is 5.92 Å². The van der Waals surface area contributed by atoms with Crippen LogP contribution in [0, 0.1) is 5.92 Å². The Balaban J connectivity index is 1.14. The molecule has 6 rings (SSSR count). The van der Waals surface area contributed by atoms with E-state index < -0.39 is 17.4 Å². The minimum atomic E-state index is -2.67. The smallest absolute Gasteiger partial charge is 0.327 e. The lowest BCUT2D eigenvalue weighted by molar-refractivity contribution is -0.136. The Kier molecular flexibility index (Phi) is 8.54. The Labute approximate surface area is 259 Å². The van der Waals surface area contributed by atoms with Gasteiger partial charge in [-0.2, -0.15) is 0 Å². The highest BCUT2D eigenvalue weighted by atomic mass is 19.3. The predicted octanol–water partition coefficient (Wildman–Crippen LogP) is 5.67. The van der Waals surface area contributed by atoms with Gasteiger partial charge in [0.15, 0.2) is 0 Å².